The van der Waals surface area contributed by atoms with Crippen LogP contribution in [-0.4, -0.2) is 15.6 Å². The summed E-state index contributed by atoms with van der Waals surface area (Å²) in [6.07, 6.45) is 0. The molecule has 0 radical (unpaired) electrons. The van der Waals surface area contributed by atoms with Gasteiger partial charge in [-0.2, -0.15) is 0 Å². The summed E-state index contributed by atoms with van der Waals surface area (Å²) in [7, 11) is 0. The van der Waals surface area contributed by atoms with Crippen molar-refractivity contribution >= 4 is 5.97 Å². The first kappa shape index (κ1) is 13.1. The predicted octanol–water partition coefficient (Wildman–Crippen LogP) is 2.46. The molecule has 0 aliphatic heterocycles. The summed E-state index contributed by atoms with van der Waals surface area (Å²) >= 11 is 0. The van der Waals surface area contributed by atoms with E-state index in [0.717, 1.165) is 0 Å². The third-order valence-corrected chi connectivity index (χ3v) is 3.39. The lowest BCUT2D eigenvalue weighted by Gasteiger charge is -2.16. The van der Waals surface area contributed by atoms with Crippen LogP contribution in [0.2, 0.25) is 0 Å². The molecule has 0 unspecified atom stereocenters. The smallest absolute Gasteiger partial charge is 0.337 e. The summed E-state index contributed by atoms with van der Waals surface area (Å²) in [6.45, 7) is 4.98. The summed E-state index contributed by atoms with van der Waals surface area (Å²) in [4.78, 5) is 23.7. The van der Waals surface area contributed by atoms with E-state index in [-0.39, 0.29) is 11.1 Å². The molecule has 4 nitrogen and oxygen atoms in total. The molecule has 1 heterocycles. The van der Waals surface area contributed by atoms with Crippen LogP contribution in [0.1, 0.15) is 27.2 Å². The van der Waals surface area contributed by atoms with E-state index in [1.54, 1.807) is 32.9 Å². The second-order valence-corrected chi connectivity index (χ2v) is 4.49. The molecule has 1 N–H and O–H groups in total. The minimum absolute atomic E-state index is 0.175. The second-order valence-electron chi connectivity index (χ2n) is 4.49. The maximum Gasteiger partial charge on any atom is 0.337 e. The number of benzene rings is 1. The largest absolute Gasteiger partial charge is 0.478 e. The number of carboxylic acid groups (broad SMARTS) is 1. The van der Waals surface area contributed by atoms with Gasteiger partial charge in [-0.25, -0.2) is 4.79 Å². The number of carboxylic acids is 1. The van der Waals surface area contributed by atoms with Crippen LogP contribution >= 0.6 is 0 Å². The van der Waals surface area contributed by atoms with E-state index < -0.39 is 5.97 Å². The molecule has 0 fully saturated rings. The van der Waals surface area contributed by atoms with Crippen molar-refractivity contribution in [2.75, 3.05) is 0 Å². The van der Waals surface area contributed by atoms with Crippen molar-refractivity contribution < 1.29 is 9.90 Å². The van der Waals surface area contributed by atoms with Gasteiger partial charge in [0.05, 0.1) is 5.56 Å². The van der Waals surface area contributed by atoms with Gasteiger partial charge in [-0.05, 0) is 38.5 Å². The molecule has 2 rings (SSSR count). The molecule has 0 atom stereocenters. The van der Waals surface area contributed by atoms with Gasteiger partial charge in [-0.3, -0.25) is 9.36 Å². The highest BCUT2D eigenvalue weighted by Crippen LogP contribution is 2.18. The van der Waals surface area contributed by atoms with Crippen molar-refractivity contribution in [3.05, 3.63) is 63.1 Å². The summed E-state index contributed by atoms with van der Waals surface area (Å²) in [6, 6.07) is 9.06. The molecule has 4 heteroatoms. The Morgan fingerprint density at radius 3 is 2.16 bits per heavy atom. The first-order chi connectivity index (χ1) is 8.95. The first-order valence-electron chi connectivity index (χ1n) is 5.96. The summed E-state index contributed by atoms with van der Waals surface area (Å²) in [5.74, 6) is -1.01. The molecule has 2 aromatic rings. The highest BCUT2D eigenvalue weighted by Gasteiger charge is 2.19. The number of pyridine rings is 1. The van der Waals surface area contributed by atoms with Crippen LogP contribution in [0.15, 0.2) is 35.1 Å². The molecular weight excluding hydrogens is 242 g/mol. The van der Waals surface area contributed by atoms with Crippen LogP contribution in [0.25, 0.3) is 5.69 Å². The topological polar surface area (TPSA) is 59.3 Å². The van der Waals surface area contributed by atoms with Gasteiger partial charge >= 0.3 is 5.97 Å². The van der Waals surface area contributed by atoms with E-state index in [2.05, 4.69) is 0 Å². The first-order valence-corrected chi connectivity index (χ1v) is 5.96. The molecule has 0 saturated heterocycles. The van der Waals surface area contributed by atoms with Gasteiger partial charge in [0.25, 0.3) is 5.56 Å². The van der Waals surface area contributed by atoms with Crippen LogP contribution in [0.5, 0.6) is 0 Å². The van der Waals surface area contributed by atoms with E-state index in [9.17, 15) is 14.7 Å². The lowest BCUT2D eigenvalue weighted by molar-refractivity contribution is 0.0694. The van der Waals surface area contributed by atoms with Crippen molar-refractivity contribution in [2.45, 2.75) is 20.8 Å². The molecule has 0 aliphatic rings. The van der Waals surface area contributed by atoms with Gasteiger partial charge < -0.3 is 5.11 Å². The average Bonchev–Trinajstić information content (AvgIpc) is 2.37. The Balaban J connectivity index is 2.90. The van der Waals surface area contributed by atoms with Crippen LogP contribution in [0.3, 0.4) is 0 Å². The van der Waals surface area contributed by atoms with Gasteiger partial charge in [-0.15, -0.1) is 0 Å². The molecule has 0 spiro atoms. The van der Waals surface area contributed by atoms with Gasteiger partial charge in [0.1, 0.15) is 0 Å². The molecular formula is C15H15NO3. The zero-order chi connectivity index (χ0) is 14.2. The Morgan fingerprint density at radius 2 is 1.63 bits per heavy atom. The maximum absolute atomic E-state index is 12.4. The van der Waals surface area contributed by atoms with Crippen molar-refractivity contribution in [1.29, 1.82) is 0 Å². The highest BCUT2D eigenvalue weighted by molar-refractivity contribution is 5.91. The van der Waals surface area contributed by atoms with Crippen LogP contribution < -0.4 is 5.56 Å². The minimum atomic E-state index is -1.01. The zero-order valence-electron chi connectivity index (χ0n) is 11.1. The SMILES string of the molecule is Cc1c(C(=O)O)c(C)n(-c2ccccc2)c(=O)c1C. The Labute approximate surface area is 110 Å². The highest BCUT2D eigenvalue weighted by atomic mass is 16.4. The fraction of sp³-hybridized carbons (Fsp3) is 0.200. The number of nitrogens with zero attached hydrogens (tertiary/aromatic N) is 1. The molecule has 0 amide bonds. The maximum atomic E-state index is 12.4. The lowest BCUT2D eigenvalue weighted by atomic mass is 10.0. The van der Waals surface area contributed by atoms with E-state index in [0.29, 0.717) is 22.5 Å². The Bertz CT molecular complexity index is 700. The monoisotopic (exact) mass is 257 g/mol. The Kier molecular flexibility index (Phi) is 3.25. The number of aromatic nitrogens is 1. The van der Waals surface area contributed by atoms with Gasteiger partial charge in [0, 0.05) is 16.9 Å². The third-order valence-electron chi connectivity index (χ3n) is 3.39. The number of aromatic carboxylic acids is 1. The van der Waals surface area contributed by atoms with Gasteiger partial charge in [0.2, 0.25) is 0 Å². The number of rotatable bonds is 2. The normalized spacial score (nSPS) is 10.5. The minimum Gasteiger partial charge on any atom is -0.478 e. The summed E-state index contributed by atoms with van der Waals surface area (Å²) in [5, 5.41) is 9.32. The summed E-state index contributed by atoms with van der Waals surface area (Å²) in [5.41, 5.74) is 2.14. The van der Waals surface area contributed by atoms with Crippen molar-refractivity contribution in [3.8, 4) is 5.69 Å². The second kappa shape index (κ2) is 4.72. The Hall–Kier alpha value is -2.36. The van der Waals surface area contributed by atoms with Crippen LogP contribution in [0.4, 0.5) is 0 Å². The number of carbonyl (C=O) groups is 1. The number of hydrogen-bond acceptors (Lipinski definition) is 2. The van der Waals surface area contributed by atoms with Crippen molar-refractivity contribution in [3.63, 3.8) is 0 Å². The predicted molar refractivity (Wildman–Crippen MR) is 73.2 cm³/mol. The molecule has 1 aromatic carbocycles. The third kappa shape index (κ3) is 2.05. The molecule has 0 bridgehead atoms. The van der Waals surface area contributed by atoms with E-state index in [1.165, 1.54) is 4.57 Å². The number of para-hydroxylation sites is 1. The molecule has 0 saturated carbocycles. The molecule has 98 valence electrons. The zero-order valence-corrected chi connectivity index (χ0v) is 11.1. The Morgan fingerprint density at radius 1 is 1.05 bits per heavy atom. The van der Waals surface area contributed by atoms with Crippen molar-refractivity contribution in [1.82, 2.24) is 4.57 Å². The molecule has 0 aliphatic carbocycles. The standard InChI is InChI=1S/C15H15NO3/c1-9-10(2)14(17)16(11(3)13(9)15(18)19)12-7-5-4-6-8-12/h4-8H,1-3H3,(H,18,19). The fourth-order valence-corrected chi connectivity index (χ4v) is 2.25. The van der Waals surface area contributed by atoms with E-state index in [4.69, 9.17) is 0 Å². The van der Waals surface area contributed by atoms with E-state index >= 15 is 0 Å². The molecule has 1 aromatic heterocycles. The van der Waals surface area contributed by atoms with Crippen molar-refractivity contribution in [2.24, 2.45) is 0 Å². The van der Waals surface area contributed by atoms with Crippen LogP contribution in [-0.2, 0) is 0 Å². The number of hydrogen-bond donors (Lipinski definition) is 1. The average molecular weight is 257 g/mol. The molecule has 19 heavy (non-hydrogen) atoms. The quantitative estimate of drug-likeness (QED) is 0.899. The van der Waals surface area contributed by atoms with Gasteiger partial charge in [-0.1, -0.05) is 18.2 Å². The lowest BCUT2D eigenvalue weighted by Crippen LogP contribution is -2.27. The van der Waals surface area contributed by atoms with Gasteiger partial charge in [0.15, 0.2) is 0 Å². The summed E-state index contributed by atoms with van der Waals surface area (Å²) < 4.78 is 1.45. The van der Waals surface area contributed by atoms with Crippen LogP contribution in [0, 0.1) is 20.8 Å². The van der Waals surface area contributed by atoms with E-state index in [1.807, 2.05) is 18.2 Å². The fourth-order valence-electron chi connectivity index (χ4n) is 2.25.